The number of alkyl carbamates (subject to hydrolysis) is 1. The Bertz CT molecular complexity index is 1130. The number of guanidine groups is 1. The number of carbonyl (C=O) groups is 3. The highest BCUT2D eigenvalue weighted by atomic mass is 32.2. The molecular formula is C24H39N7O8S. The second kappa shape index (κ2) is 15.8. The minimum absolute atomic E-state index is 0.0444. The SMILES string of the molecule is CC(C)(CN)COC(=O)NCCS(=O)(=O)N[C@@H](CNC(=O)c1ccc(OCCNC2=NCCCN2)cc1)C(=O)O. The summed E-state index contributed by atoms with van der Waals surface area (Å²) in [5.41, 5.74) is 5.36. The highest BCUT2D eigenvalue weighted by Gasteiger charge is 2.25. The molecule has 15 nitrogen and oxygen atoms in total. The van der Waals surface area contributed by atoms with Crippen molar-refractivity contribution in [1.82, 2.24) is 26.0 Å². The predicted molar refractivity (Wildman–Crippen MR) is 148 cm³/mol. The Morgan fingerprint density at radius 1 is 1.18 bits per heavy atom. The van der Waals surface area contributed by atoms with Gasteiger partial charge in [0.15, 0.2) is 5.96 Å². The summed E-state index contributed by atoms with van der Waals surface area (Å²) < 4.78 is 37.3. The van der Waals surface area contributed by atoms with E-state index in [9.17, 15) is 27.9 Å². The molecule has 0 aromatic heterocycles. The molecule has 0 saturated heterocycles. The molecule has 40 heavy (non-hydrogen) atoms. The lowest BCUT2D eigenvalue weighted by molar-refractivity contribution is -0.138. The van der Waals surface area contributed by atoms with Crippen LogP contribution in [0.4, 0.5) is 4.79 Å². The Morgan fingerprint density at radius 3 is 2.52 bits per heavy atom. The van der Waals surface area contributed by atoms with Gasteiger partial charge in [0.05, 0.1) is 18.9 Å². The van der Waals surface area contributed by atoms with Crippen LogP contribution in [0.3, 0.4) is 0 Å². The van der Waals surface area contributed by atoms with Crippen molar-refractivity contribution < 1.29 is 37.4 Å². The van der Waals surface area contributed by atoms with Crippen LogP contribution in [0, 0.1) is 5.41 Å². The number of sulfonamides is 1. The minimum Gasteiger partial charge on any atom is -0.492 e. The van der Waals surface area contributed by atoms with Crippen LogP contribution in [0.25, 0.3) is 0 Å². The monoisotopic (exact) mass is 585 g/mol. The van der Waals surface area contributed by atoms with Gasteiger partial charge in [-0.25, -0.2) is 13.2 Å². The van der Waals surface area contributed by atoms with Crippen molar-refractivity contribution in [2.24, 2.45) is 16.1 Å². The van der Waals surface area contributed by atoms with Crippen molar-refractivity contribution in [3.8, 4) is 5.75 Å². The summed E-state index contributed by atoms with van der Waals surface area (Å²) in [6.07, 6.45) is 0.180. The number of rotatable bonds is 16. The fourth-order valence-corrected chi connectivity index (χ4v) is 4.21. The zero-order chi connectivity index (χ0) is 29.6. The lowest BCUT2D eigenvalue weighted by atomic mass is 9.95. The molecule has 16 heteroatoms. The number of hydrogen-bond acceptors (Lipinski definition) is 11. The van der Waals surface area contributed by atoms with Gasteiger partial charge >= 0.3 is 12.1 Å². The Kier molecular flexibility index (Phi) is 12.9. The second-order valence-corrected chi connectivity index (χ2v) is 11.6. The molecule has 1 heterocycles. The molecule has 0 fully saturated rings. The highest BCUT2D eigenvalue weighted by Crippen LogP contribution is 2.13. The van der Waals surface area contributed by atoms with Gasteiger partial charge in [0.2, 0.25) is 10.0 Å². The smallest absolute Gasteiger partial charge is 0.407 e. The van der Waals surface area contributed by atoms with E-state index in [4.69, 9.17) is 15.2 Å². The van der Waals surface area contributed by atoms with E-state index in [1.54, 1.807) is 26.0 Å². The number of carboxylic acid groups (broad SMARTS) is 1. The summed E-state index contributed by atoms with van der Waals surface area (Å²) in [4.78, 5) is 40.1. The average Bonchev–Trinajstić information content (AvgIpc) is 2.93. The van der Waals surface area contributed by atoms with Crippen molar-refractivity contribution >= 4 is 34.0 Å². The van der Waals surface area contributed by atoms with Crippen LogP contribution in [0.5, 0.6) is 5.75 Å². The first-order valence-corrected chi connectivity index (χ1v) is 14.4. The second-order valence-electron chi connectivity index (χ2n) is 9.72. The van der Waals surface area contributed by atoms with Crippen LogP contribution in [0.1, 0.15) is 30.6 Å². The van der Waals surface area contributed by atoms with Gasteiger partial charge < -0.3 is 41.6 Å². The number of carbonyl (C=O) groups excluding carboxylic acids is 2. The number of aliphatic carboxylic acids is 1. The van der Waals surface area contributed by atoms with Crippen molar-refractivity contribution in [2.75, 3.05) is 58.2 Å². The molecule has 0 radical (unpaired) electrons. The number of nitrogens with two attached hydrogens (primary N) is 1. The third-order valence-electron chi connectivity index (χ3n) is 5.55. The van der Waals surface area contributed by atoms with Crippen LogP contribution in [-0.4, -0.2) is 102 Å². The van der Waals surface area contributed by atoms with Gasteiger partial charge in [0, 0.05) is 43.7 Å². The number of carboxylic acids is 1. The molecule has 0 saturated carbocycles. The first kappa shape index (κ1) is 32.6. The van der Waals surface area contributed by atoms with E-state index in [0.717, 1.165) is 25.5 Å². The van der Waals surface area contributed by atoms with Crippen LogP contribution in [-0.2, 0) is 19.6 Å². The normalized spacial score (nSPS) is 14.2. The molecule has 0 bridgehead atoms. The maximum absolute atomic E-state index is 12.5. The van der Waals surface area contributed by atoms with Crippen molar-refractivity contribution in [3.05, 3.63) is 29.8 Å². The van der Waals surface area contributed by atoms with Crippen LogP contribution < -0.4 is 36.5 Å². The van der Waals surface area contributed by atoms with Crippen molar-refractivity contribution in [1.29, 1.82) is 0 Å². The Balaban J connectivity index is 1.74. The van der Waals surface area contributed by atoms with Crippen LogP contribution >= 0.6 is 0 Å². The van der Waals surface area contributed by atoms with Gasteiger partial charge in [-0.05, 0) is 30.7 Å². The van der Waals surface area contributed by atoms with Gasteiger partial charge in [0.25, 0.3) is 5.91 Å². The Hall–Kier alpha value is -3.63. The molecule has 224 valence electrons. The summed E-state index contributed by atoms with van der Waals surface area (Å²) in [7, 11) is -4.11. The number of hydrogen-bond donors (Lipinski definition) is 7. The molecule has 1 atom stereocenters. The molecule has 1 aliphatic rings. The average molecular weight is 586 g/mol. The van der Waals surface area contributed by atoms with E-state index in [1.165, 1.54) is 12.1 Å². The molecule has 1 aromatic carbocycles. The van der Waals surface area contributed by atoms with E-state index in [2.05, 4.69) is 26.3 Å². The third-order valence-corrected chi connectivity index (χ3v) is 6.94. The number of nitrogens with one attached hydrogen (secondary N) is 5. The number of amides is 2. The fourth-order valence-electron chi connectivity index (χ4n) is 3.10. The number of benzene rings is 1. The summed E-state index contributed by atoms with van der Waals surface area (Å²) in [5.74, 6) is -1.39. The van der Waals surface area contributed by atoms with Gasteiger partial charge in [-0.2, -0.15) is 4.72 Å². The zero-order valence-electron chi connectivity index (χ0n) is 22.7. The maximum atomic E-state index is 12.5. The lowest BCUT2D eigenvalue weighted by Gasteiger charge is -2.21. The van der Waals surface area contributed by atoms with E-state index in [0.29, 0.717) is 25.4 Å². The molecule has 0 unspecified atom stereocenters. The van der Waals surface area contributed by atoms with Gasteiger partial charge in [-0.3, -0.25) is 14.6 Å². The number of nitrogens with zero attached hydrogens (tertiary/aromatic N) is 1. The standard InChI is InChI=1S/C24H39N7O8S/c1-24(2,15-25)16-39-23(35)29-11-13-40(36,37)31-19(21(33)34)14-30-20(32)17-4-6-18(7-5-17)38-12-10-28-22-26-8-3-9-27-22/h4-7,19,31H,3,8-16,25H2,1-2H3,(H,29,35)(H,30,32)(H,33,34)(H2,26,27,28)/t19-/m0/s1. The van der Waals surface area contributed by atoms with Crippen LogP contribution in [0.2, 0.25) is 0 Å². The summed E-state index contributed by atoms with van der Waals surface area (Å²) >= 11 is 0. The first-order valence-electron chi connectivity index (χ1n) is 12.8. The first-order chi connectivity index (χ1) is 18.9. The molecule has 0 spiro atoms. The predicted octanol–water partition coefficient (Wildman–Crippen LogP) is -1.18. The topological polar surface area (TPSA) is 223 Å². The van der Waals surface area contributed by atoms with E-state index < -0.39 is 51.7 Å². The highest BCUT2D eigenvalue weighted by molar-refractivity contribution is 7.89. The van der Waals surface area contributed by atoms with Crippen molar-refractivity contribution in [3.63, 3.8) is 0 Å². The van der Waals surface area contributed by atoms with Gasteiger partial charge in [-0.1, -0.05) is 13.8 Å². The minimum atomic E-state index is -4.11. The quantitative estimate of drug-likeness (QED) is 0.114. The molecule has 1 aromatic rings. The number of aliphatic imine (C=N–C) groups is 1. The van der Waals surface area contributed by atoms with Gasteiger partial charge in [0.1, 0.15) is 18.4 Å². The lowest BCUT2D eigenvalue weighted by Crippen LogP contribution is -2.49. The van der Waals surface area contributed by atoms with Gasteiger partial charge in [-0.15, -0.1) is 0 Å². The zero-order valence-corrected chi connectivity index (χ0v) is 23.5. The van der Waals surface area contributed by atoms with E-state index in [-0.39, 0.29) is 18.7 Å². The molecule has 2 rings (SSSR count). The third kappa shape index (κ3) is 12.5. The Labute approximate surface area is 233 Å². The largest absolute Gasteiger partial charge is 0.492 e. The fraction of sp³-hybridized carbons (Fsp3) is 0.583. The molecule has 1 aliphatic heterocycles. The number of ether oxygens (including phenoxy) is 2. The van der Waals surface area contributed by atoms with Crippen LogP contribution in [0.15, 0.2) is 29.3 Å². The van der Waals surface area contributed by atoms with Crippen molar-refractivity contribution in [2.45, 2.75) is 26.3 Å². The summed E-state index contributed by atoms with van der Waals surface area (Å²) in [5, 5.41) is 20.4. The molecule has 0 aliphatic carbocycles. The maximum Gasteiger partial charge on any atom is 0.407 e. The summed E-state index contributed by atoms with van der Waals surface area (Å²) in [6, 6.07) is 4.58. The molecule has 8 N–H and O–H groups in total. The Morgan fingerprint density at radius 2 is 1.90 bits per heavy atom. The summed E-state index contributed by atoms with van der Waals surface area (Å²) in [6.45, 7) is 5.69. The molecule has 2 amide bonds. The van der Waals surface area contributed by atoms with E-state index in [1.807, 2.05) is 4.72 Å². The molecular weight excluding hydrogens is 546 g/mol. The van der Waals surface area contributed by atoms with E-state index >= 15 is 0 Å².